The maximum Gasteiger partial charge on any atom is 0.276 e. The number of nitrogens with one attached hydrogen (secondary N) is 1. The molecule has 184 valence electrons. The van der Waals surface area contributed by atoms with Gasteiger partial charge in [0.15, 0.2) is 0 Å². The second-order valence-electron chi connectivity index (χ2n) is 9.45. The Hall–Kier alpha value is -3.68. The van der Waals surface area contributed by atoms with E-state index in [2.05, 4.69) is 5.32 Å². The van der Waals surface area contributed by atoms with Crippen LogP contribution in [0.1, 0.15) is 43.1 Å². The minimum atomic E-state index is -1.19. The summed E-state index contributed by atoms with van der Waals surface area (Å²) in [6.07, 6.45) is 4.11. The Bertz CT molecular complexity index is 1290. The van der Waals surface area contributed by atoms with Crippen LogP contribution in [0.4, 0.5) is 5.69 Å². The molecule has 1 fully saturated rings. The first-order valence-corrected chi connectivity index (χ1v) is 11.9. The number of benzene rings is 2. The van der Waals surface area contributed by atoms with Crippen LogP contribution in [0.2, 0.25) is 0 Å². The highest BCUT2D eigenvalue weighted by Gasteiger charge is 2.50. The van der Waals surface area contributed by atoms with Crippen LogP contribution in [0.5, 0.6) is 17.2 Å². The van der Waals surface area contributed by atoms with Crippen LogP contribution in [0.15, 0.2) is 42.5 Å². The van der Waals surface area contributed by atoms with Gasteiger partial charge < -0.3 is 24.1 Å². The molecule has 5 rings (SSSR count). The molecule has 1 aliphatic heterocycles. The van der Waals surface area contributed by atoms with Crippen LogP contribution in [-0.4, -0.2) is 49.3 Å². The Labute approximate surface area is 204 Å². The molecule has 0 spiro atoms. The molecule has 1 aliphatic carbocycles. The van der Waals surface area contributed by atoms with Crippen molar-refractivity contribution in [1.82, 2.24) is 9.88 Å². The Balaban J connectivity index is 1.67. The van der Waals surface area contributed by atoms with Gasteiger partial charge in [0.2, 0.25) is 5.91 Å². The summed E-state index contributed by atoms with van der Waals surface area (Å²) in [6.45, 7) is 2.12. The molecule has 0 bridgehead atoms. The van der Waals surface area contributed by atoms with E-state index < -0.39 is 5.54 Å². The van der Waals surface area contributed by atoms with E-state index in [-0.39, 0.29) is 17.9 Å². The molecule has 0 radical (unpaired) electrons. The van der Waals surface area contributed by atoms with Crippen molar-refractivity contribution >= 4 is 28.4 Å². The SMILES string of the molecule is COc1ccc(N2C(=O)c3cc4ccc(OC)cc4n3C[C@@]2(C)C(=O)NC2CCCC2)c(OC)c1. The predicted octanol–water partition coefficient (Wildman–Crippen LogP) is 4.15. The fourth-order valence-corrected chi connectivity index (χ4v) is 5.36. The number of amides is 2. The third-order valence-corrected chi connectivity index (χ3v) is 7.30. The second-order valence-corrected chi connectivity index (χ2v) is 9.45. The molecule has 8 nitrogen and oxygen atoms in total. The monoisotopic (exact) mass is 477 g/mol. The van der Waals surface area contributed by atoms with E-state index >= 15 is 0 Å². The first-order valence-electron chi connectivity index (χ1n) is 11.9. The van der Waals surface area contributed by atoms with Gasteiger partial charge in [0.05, 0.1) is 39.1 Å². The Morgan fingerprint density at radius 1 is 0.971 bits per heavy atom. The zero-order valence-electron chi connectivity index (χ0n) is 20.6. The fourth-order valence-electron chi connectivity index (χ4n) is 5.36. The zero-order chi connectivity index (χ0) is 24.7. The van der Waals surface area contributed by atoms with Crippen molar-refractivity contribution in [2.75, 3.05) is 26.2 Å². The Morgan fingerprint density at radius 3 is 2.34 bits per heavy atom. The van der Waals surface area contributed by atoms with Crippen molar-refractivity contribution in [1.29, 1.82) is 0 Å². The third kappa shape index (κ3) is 3.77. The molecule has 35 heavy (non-hydrogen) atoms. The summed E-state index contributed by atoms with van der Waals surface area (Å²) in [4.78, 5) is 29.6. The van der Waals surface area contributed by atoms with Crippen LogP contribution in [-0.2, 0) is 11.3 Å². The van der Waals surface area contributed by atoms with E-state index in [0.29, 0.717) is 35.2 Å². The van der Waals surface area contributed by atoms with Gasteiger partial charge in [-0.05, 0) is 50.1 Å². The number of ether oxygens (including phenoxy) is 3. The van der Waals surface area contributed by atoms with Crippen LogP contribution in [0.3, 0.4) is 0 Å². The lowest BCUT2D eigenvalue weighted by Gasteiger charge is -2.44. The van der Waals surface area contributed by atoms with Crippen molar-refractivity contribution in [3.8, 4) is 17.2 Å². The molecule has 0 unspecified atom stereocenters. The van der Waals surface area contributed by atoms with Crippen LogP contribution in [0, 0.1) is 0 Å². The summed E-state index contributed by atoms with van der Waals surface area (Å²) >= 11 is 0. The summed E-state index contributed by atoms with van der Waals surface area (Å²) in [5.74, 6) is 1.32. The highest BCUT2D eigenvalue weighted by Crippen LogP contribution is 2.42. The number of carbonyl (C=O) groups is 2. The molecule has 1 saturated carbocycles. The van der Waals surface area contributed by atoms with Gasteiger partial charge in [-0.1, -0.05) is 12.8 Å². The van der Waals surface area contributed by atoms with E-state index in [1.807, 2.05) is 35.8 Å². The molecular formula is C27H31N3O5. The van der Waals surface area contributed by atoms with Crippen LogP contribution in [0.25, 0.3) is 10.9 Å². The second kappa shape index (κ2) is 8.83. The smallest absolute Gasteiger partial charge is 0.276 e. The molecule has 1 N–H and O–H groups in total. The number of rotatable bonds is 6. The highest BCUT2D eigenvalue weighted by molar-refractivity contribution is 6.14. The predicted molar refractivity (Wildman–Crippen MR) is 134 cm³/mol. The van der Waals surface area contributed by atoms with E-state index in [9.17, 15) is 9.59 Å². The van der Waals surface area contributed by atoms with Gasteiger partial charge in [0, 0.05) is 23.6 Å². The third-order valence-electron chi connectivity index (χ3n) is 7.30. The molecule has 2 amide bonds. The van der Waals surface area contributed by atoms with E-state index in [1.165, 1.54) is 0 Å². The molecular weight excluding hydrogens is 446 g/mol. The molecule has 2 aromatic carbocycles. The number of methoxy groups -OCH3 is 3. The Kier molecular flexibility index (Phi) is 5.83. The quantitative estimate of drug-likeness (QED) is 0.577. The van der Waals surface area contributed by atoms with Crippen molar-refractivity contribution in [2.45, 2.75) is 50.7 Å². The number of nitrogens with zero attached hydrogens (tertiary/aromatic N) is 2. The maximum absolute atomic E-state index is 14.1. The van der Waals surface area contributed by atoms with Gasteiger partial charge in [0.25, 0.3) is 5.91 Å². The zero-order valence-corrected chi connectivity index (χ0v) is 20.6. The highest BCUT2D eigenvalue weighted by atomic mass is 16.5. The lowest BCUT2D eigenvalue weighted by Crippen LogP contribution is -2.65. The van der Waals surface area contributed by atoms with E-state index in [1.54, 1.807) is 44.4 Å². The lowest BCUT2D eigenvalue weighted by molar-refractivity contribution is -0.127. The van der Waals surface area contributed by atoms with Crippen LogP contribution < -0.4 is 24.4 Å². The minimum Gasteiger partial charge on any atom is -0.497 e. The van der Waals surface area contributed by atoms with Crippen molar-refractivity contribution in [3.63, 3.8) is 0 Å². The summed E-state index contributed by atoms with van der Waals surface area (Å²) in [7, 11) is 4.74. The van der Waals surface area contributed by atoms with E-state index in [4.69, 9.17) is 14.2 Å². The maximum atomic E-state index is 14.1. The molecule has 8 heteroatoms. The van der Waals surface area contributed by atoms with Crippen LogP contribution >= 0.6 is 0 Å². The molecule has 2 heterocycles. The number of aromatic nitrogens is 1. The first kappa shape index (κ1) is 23.1. The molecule has 1 atom stereocenters. The standard InChI is InChI=1S/C27H31N3O5/c1-27(26(32)28-18-7-5-6-8-18)16-29-22-14-19(33-2)10-9-17(22)13-23(29)25(31)30(27)21-12-11-20(34-3)15-24(21)35-4/h9-15,18H,5-8,16H2,1-4H3,(H,28,32)/t27-/m0/s1. The van der Waals surface area contributed by atoms with Gasteiger partial charge >= 0.3 is 0 Å². The van der Waals surface area contributed by atoms with Gasteiger partial charge in [-0.25, -0.2) is 0 Å². The van der Waals surface area contributed by atoms with Gasteiger partial charge in [-0.3, -0.25) is 14.5 Å². The molecule has 3 aromatic rings. The topological polar surface area (TPSA) is 82.0 Å². The van der Waals surface area contributed by atoms with Gasteiger partial charge in [-0.2, -0.15) is 0 Å². The van der Waals surface area contributed by atoms with Gasteiger partial charge in [-0.15, -0.1) is 0 Å². The number of hydrogen-bond donors (Lipinski definition) is 1. The Morgan fingerprint density at radius 2 is 1.66 bits per heavy atom. The number of anilines is 1. The average molecular weight is 478 g/mol. The summed E-state index contributed by atoms with van der Waals surface area (Å²) in [6, 6.07) is 13.0. The largest absolute Gasteiger partial charge is 0.497 e. The number of hydrogen-bond acceptors (Lipinski definition) is 5. The first-order chi connectivity index (χ1) is 16.9. The summed E-state index contributed by atoms with van der Waals surface area (Å²) < 4.78 is 18.4. The van der Waals surface area contributed by atoms with Crippen molar-refractivity contribution in [2.24, 2.45) is 0 Å². The molecule has 2 aliphatic rings. The van der Waals surface area contributed by atoms with Crippen molar-refractivity contribution < 1.29 is 23.8 Å². The van der Waals surface area contributed by atoms with Crippen molar-refractivity contribution in [3.05, 3.63) is 48.2 Å². The van der Waals surface area contributed by atoms with E-state index in [0.717, 1.165) is 36.6 Å². The summed E-state index contributed by atoms with van der Waals surface area (Å²) in [5.41, 5.74) is 0.700. The lowest BCUT2D eigenvalue weighted by atomic mass is 9.93. The molecule has 0 saturated heterocycles. The normalized spacial score (nSPS) is 20.1. The average Bonchev–Trinajstić information content (AvgIpc) is 3.51. The van der Waals surface area contributed by atoms with Gasteiger partial charge in [0.1, 0.15) is 28.5 Å². The summed E-state index contributed by atoms with van der Waals surface area (Å²) in [5, 5.41) is 4.14. The number of carbonyl (C=O) groups excluding carboxylic acids is 2. The number of fused-ring (bicyclic) bond motifs is 3. The molecule has 1 aromatic heterocycles. The fraction of sp³-hybridized carbons (Fsp3) is 0.407. The minimum absolute atomic E-state index is 0.122.